The van der Waals surface area contributed by atoms with Crippen LogP contribution in [0.5, 0.6) is 11.6 Å². The van der Waals surface area contributed by atoms with Gasteiger partial charge < -0.3 is 10.1 Å². The number of thiophene rings is 1. The summed E-state index contributed by atoms with van der Waals surface area (Å²) in [6, 6.07) is 10.9. The van der Waals surface area contributed by atoms with E-state index < -0.39 is 0 Å². The van der Waals surface area contributed by atoms with Gasteiger partial charge in [0.15, 0.2) is 0 Å². The van der Waals surface area contributed by atoms with Crippen LogP contribution in [-0.2, 0) is 4.79 Å². The second-order valence-corrected chi connectivity index (χ2v) is 5.49. The van der Waals surface area contributed by atoms with Crippen LogP contribution in [0.4, 0.5) is 5.69 Å². The highest BCUT2D eigenvalue weighted by molar-refractivity contribution is 7.10. The molecule has 2 aromatic heterocycles. The molecular formula is C17H13N3O2S. The molecule has 114 valence electrons. The molecule has 0 aliphatic rings. The topological polar surface area (TPSA) is 64.1 Å². The van der Waals surface area contributed by atoms with Crippen molar-refractivity contribution in [3.8, 4) is 11.6 Å². The zero-order valence-electron chi connectivity index (χ0n) is 12.0. The quantitative estimate of drug-likeness (QED) is 0.721. The van der Waals surface area contributed by atoms with Gasteiger partial charge in [0.05, 0.1) is 6.20 Å². The van der Waals surface area contributed by atoms with Gasteiger partial charge in [-0.3, -0.25) is 9.78 Å². The van der Waals surface area contributed by atoms with Crippen molar-refractivity contribution in [2.24, 2.45) is 0 Å². The Labute approximate surface area is 137 Å². The van der Waals surface area contributed by atoms with Gasteiger partial charge in [-0.05, 0) is 41.8 Å². The summed E-state index contributed by atoms with van der Waals surface area (Å²) < 4.78 is 5.54. The number of aromatic nitrogens is 2. The van der Waals surface area contributed by atoms with Crippen LogP contribution in [0, 0.1) is 0 Å². The summed E-state index contributed by atoms with van der Waals surface area (Å²) in [5, 5.41) is 4.76. The van der Waals surface area contributed by atoms with Crippen LogP contribution in [0.3, 0.4) is 0 Å². The largest absolute Gasteiger partial charge is 0.438 e. The fourth-order valence-electron chi connectivity index (χ4n) is 1.79. The molecule has 1 aromatic carbocycles. The second kappa shape index (κ2) is 7.33. The Hall–Kier alpha value is -2.99. The van der Waals surface area contributed by atoms with E-state index in [0.29, 0.717) is 17.3 Å². The lowest BCUT2D eigenvalue weighted by Crippen LogP contribution is -2.07. The van der Waals surface area contributed by atoms with Crippen LogP contribution in [0.2, 0.25) is 0 Å². The number of ether oxygens (including phenoxy) is 1. The predicted molar refractivity (Wildman–Crippen MR) is 90.5 cm³/mol. The Morgan fingerprint density at radius 2 is 2.04 bits per heavy atom. The van der Waals surface area contributed by atoms with Crippen molar-refractivity contribution >= 4 is 29.0 Å². The molecule has 2 heterocycles. The van der Waals surface area contributed by atoms with Crippen molar-refractivity contribution in [1.82, 2.24) is 9.97 Å². The molecule has 1 amide bonds. The summed E-state index contributed by atoms with van der Waals surface area (Å²) in [7, 11) is 0. The SMILES string of the molecule is O=C(/C=C/c1cccs1)Nc1ccc(Oc2cnccn2)cc1. The van der Waals surface area contributed by atoms with Gasteiger partial charge in [-0.15, -0.1) is 11.3 Å². The first-order valence-electron chi connectivity index (χ1n) is 6.86. The molecule has 0 saturated heterocycles. The summed E-state index contributed by atoms with van der Waals surface area (Å²) in [4.78, 5) is 20.8. The number of anilines is 1. The Morgan fingerprint density at radius 3 is 2.74 bits per heavy atom. The number of carbonyl (C=O) groups excluding carboxylic acids is 1. The molecule has 0 atom stereocenters. The Morgan fingerprint density at radius 1 is 1.17 bits per heavy atom. The smallest absolute Gasteiger partial charge is 0.248 e. The molecule has 6 heteroatoms. The predicted octanol–water partition coefficient (Wildman–Crippen LogP) is 3.98. The minimum atomic E-state index is -0.180. The molecule has 0 aliphatic heterocycles. The monoisotopic (exact) mass is 323 g/mol. The number of nitrogens with zero attached hydrogens (tertiary/aromatic N) is 2. The van der Waals surface area contributed by atoms with E-state index in [2.05, 4.69) is 15.3 Å². The van der Waals surface area contributed by atoms with Gasteiger partial charge in [0.2, 0.25) is 11.8 Å². The molecule has 0 spiro atoms. The van der Waals surface area contributed by atoms with Crippen molar-refractivity contribution in [1.29, 1.82) is 0 Å². The number of rotatable bonds is 5. The zero-order chi connectivity index (χ0) is 15.9. The van der Waals surface area contributed by atoms with Crippen LogP contribution < -0.4 is 10.1 Å². The van der Waals surface area contributed by atoms with E-state index in [1.54, 1.807) is 54.1 Å². The lowest BCUT2D eigenvalue weighted by molar-refractivity contribution is -0.111. The molecule has 0 radical (unpaired) electrons. The van der Waals surface area contributed by atoms with Crippen LogP contribution in [0.1, 0.15) is 4.88 Å². The van der Waals surface area contributed by atoms with Gasteiger partial charge in [-0.25, -0.2) is 4.98 Å². The summed E-state index contributed by atoms with van der Waals surface area (Å²) in [6.45, 7) is 0. The second-order valence-electron chi connectivity index (χ2n) is 4.51. The van der Waals surface area contributed by atoms with Gasteiger partial charge in [0, 0.05) is 29.0 Å². The van der Waals surface area contributed by atoms with E-state index in [0.717, 1.165) is 4.88 Å². The third kappa shape index (κ3) is 4.49. The highest BCUT2D eigenvalue weighted by Gasteiger charge is 2.01. The van der Waals surface area contributed by atoms with Gasteiger partial charge in [0.1, 0.15) is 5.75 Å². The molecule has 0 aliphatic carbocycles. The Balaban J connectivity index is 1.58. The lowest BCUT2D eigenvalue weighted by Gasteiger charge is -2.05. The first-order valence-corrected chi connectivity index (χ1v) is 7.74. The summed E-state index contributed by atoms with van der Waals surface area (Å²) in [5.41, 5.74) is 0.692. The van der Waals surface area contributed by atoms with E-state index in [9.17, 15) is 4.79 Å². The average Bonchev–Trinajstić information content (AvgIpc) is 3.09. The number of nitrogens with one attached hydrogen (secondary N) is 1. The minimum absolute atomic E-state index is 0.180. The van der Waals surface area contributed by atoms with Crippen LogP contribution in [0.15, 0.2) is 66.4 Å². The third-order valence-corrected chi connectivity index (χ3v) is 3.66. The molecule has 0 fully saturated rings. The molecule has 23 heavy (non-hydrogen) atoms. The molecule has 1 N–H and O–H groups in total. The van der Waals surface area contributed by atoms with E-state index in [-0.39, 0.29) is 5.91 Å². The highest BCUT2D eigenvalue weighted by atomic mass is 32.1. The van der Waals surface area contributed by atoms with Crippen molar-refractivity contribution in [3.05, 3.63) is 71.3 Å². The van der Waals surface area contributed by atoms with Crippen LogP contribution in [0.25, 0.3) is 6.08 Å². The maximum absolute atomic E-state index is 11.8. The minimum Gasteiger partial charge on any atom is -0.438 e. The van der Waals surface area contributed by atoms with Crippen LogP contribution >= 0.6 is 11.3 Å². The standard InChI is InChI=1S/C17H13N3O2S/c21-16(8-7-15-2-1-11-23-15)20-13-3-5-14(6-4-13)22-17-12-18-9-10-19-17/h1-12H,(H,20,21)/b8-7+. The van der Waals surface area contributed by atoms with Crippen molar-refractivity contribution in [2.75, 3.05) is 5.32 Å². The molecule has 3 aromatic rings. The fourth-order valence-corrected chi connectivity index (χ4v) is 2.41. The normalized spacial score (nSPS) is 10.6. The molecular weight excluding hydrogens is 310 g/mol. The molecule has 0 saturated carbocycles. The molecule has 5 nitrogen and oxygen atoms in total. The van der Waals surface area contributed by atoms with Crippen molar-refractivity contribution < 1.29 is 9.53 Å². The van der Waals surface area contributed by atoms with Gasteiger partial charge in [-0.1, -0.05) is 6.07 Å². The maximum Gasteiger partial charge on any atom is 0.248 e. The van der Waals surface area contributed by atoms with E-state index >= 15 is 0 Å². The number of carbonyl (C=O) groups is 1. The third-order valence-electron chi connectivity index (χ3n) is 2.83. The Kier molecular flexibility index (Phi) is 4.76. The number of benzene rings is 1. The lowest BCUT2D eigenvalue weighted by atomic mass is 10.3. The summed E-state index contributed by atoms with van der Waals surface area (Å²) in [5.74, 6) is 0.863. The average molecular weight is 323 g/mol. The first kappa shape index (κ1) is 14.9. The maximum atomic E-state index is 11.8. The van der Waals surface area contributed by atoms with Crippen molar-refractivity contribution in [2.45, 2.75) is 0 Å². The zero-order valence-corrected chi connectivity index (χ0v) is 12.9. The molecule has 0 unspecified atom stereocenters. The van der Waals surface area contributed by atoms with Gasteiger partial charge in [0.25, 0.3) is 0 Å². The summed E-state index contributed by atoms with van der Waals surface area (Å²) in [6.07, 6.45) is 7.96. The molecule has 0 bridgehead atoms. The van der Waals surface area contributed by atoms with Gasteiger partial charge >= 0.3 is 0 Å². The summed E-state index contributed by atoms with van der Waals surface area (Å²) >= 11 is 1.58. The number of hydrogen-bond donors (Lipinski definition) is 1. The van der Waals surface area contributed by atoms with E-state index in [1.807, 2.05) is 17.5 Å². The van der Waals surface area contributed by atoms with E-state index in [1.165, 1.54) is 12.3 Å². The number of amides is 1. The highest BCUT2D eigenvalue weighted by Crippen LogP contribution is 2.20. The van der Waals surface area contributed by atoms with Gasteiger partial charge in [-0.2, -0.15) is 0 Å². The fraction of sp³-hybridized carbons (Fsp3) is 0. The van der Waals surface area contributed by atoms with Crippen molar-refractivity contribution in [3.63, 3.8) is 0 Å². The molecule has 3 rings (SSSR count). The van der Waals surface area contributed by atoms with E-state index in [4.69, 9.17) is 4.74 Å². The number of hydrogen-bond acceptors (Lipinski definition) is 5. The Bertz CT molecular complexity index is 784. The van der Waals surface area contributed by atoms with Crippen LogP contribution in [-0.4, -0.2) is 15.9 Å². The first-order chi connectivity index (χ1) is 11.3.